The van der Waals surface area contributed by atoms with Crippen molar-refractivity contribution in [1.82, 2.24) is 0 Å². The molecular formula is C10H23NO. The van der Waals surface area contributed by atoms with E-state index in [4.69, 9.17) is 10.5 Å². The molecule has 0 fully saturated rings. The van der Waals surface area contributed by atoms with E-state index in [1.807, 2.05) is 0 Å². The van der Waals surface area contributed by atoms with Gasteiger partial charge in [0, 0.05) is 13.2 Å². The molecule has 0 aliphatic rings. The van der Waals surface area contributed by atoms with Crippen molar-refractivity contribution in [3.05, 3.63) is 0 Å². The van der Waals surface area contributed by atoms with Gasteiger partial charge < -0.3 is 10.5 Å². The topological polar surface area (TPSA) is 35.2 Å². The van der Waals surface area contributed by atoms with Gasteiger partial charge in [0.2, 0.25) is 0 Å². The summed E-state index contributed by atoms with van der Waals surface area (Å²) < 4.78 is 5.28. The molecule has 0 aliphatic heterocycles. The van der Waals surface area contributed by atoms with Gasteiger partial charge in [0.15, 0.2) is 0 Å². The van der Waals surface area contributed by atoms with E-state index in [-0.39, 0.29) is 12.1 Å². The third-order valence-corrected chi connectivity index (χ3v) is 2.55. The lowest BCUT2D eigenvalue weighted by atomic mass is 9.95. The first-order valence-corrected chi connectivity index (χ1v) is 4.94. The van der Waals surface area contributed by atoms with Crippen LogP contribution >= 0.6 is 0 Å². The maximum atomic E-state index is 5.99. The summed E-state index contributed by atoms with van der Waals surface area (Å²) in [4.78, 5) is 0. The lowest BCUT2D eigenvalue weighted by Crippen LogP contribution is -2.36. The second kappa shape index (κ2) is 6.44. The van der Waals surface area contributed by atoms with Crippen LogP contribution in [-0.4, -0.2) is 19.3 Å². The molecule has 0 rings (SSSR count). The number of methoxy groups -OCH3 is 1. The molecule has 0 spiro atoms. The van der Waals surface area contributed by atoms with Crippen molar-refractivity contribution in [2.45, 2.75) is 52.2 Å². The monoisotopic (exact) mass is 173 g/mol. The summed E-state index contributed by atoms with van der Waals surface area (Å²) in [6, 6.07) is 0.204. The molecule has 0 amide bonds. The van der Waals surface area contributed by atoms with Crippen LogP contribution in [0.5, 0.6) is 0 Å². The largest absolute Gasteiger partial charge is 0.380 e. The number of hydrogen-bond acceptors (Lipinski definition) is 2. The lowest BCUT2D eigenvalue weighted by molar-refractivity contribution is 0.0701. The van der Waals surface area contributed by atoms with E-state index in [1.165, 1.54) is 6.42 Å². The van der Waals surface area contributed by atoms with E-state index < -0.39 is 0 Å². The van der Waals surface area contributed by atoms with Gasteiger partial charge in [-0.1, -0.05) is 27.2 Å². The average Bonchev–Trinajstić information content (AvgIpc) is 2.06. The van der Waals surface area contributed by atoms with Crippen LogP contribution in [-0.2, 0) is 4.74 Å². The first-order valence-electron chi connectivity index (χ1n) is 4.94. The summed E-state index contributed by atoms with van der Waals surface area (Å²) in [7, 11) is 1.74. The minimum Gasteiger partial charge on any atom is -0.380 e. The number of hydrogen-bond donors (Lipinski definition) is 1. The van der Waals surface area contributed by atoms with Gasteiger partial charge in [0.05, 0.1) is 6.10 Å². The first-order chi connectivity index (χ1) is 5.65. The molecule has 0 aromatic heterocycles. The maximum Gasteiger partial charge on any atom is 0.0719 e. The van der Waals surface area contributed by atoms with Crippen LogP contribution in [0.4, 0.5) is 0 Å². The molecule has 12 heavy (non-hydrogen) atoms. The van der Waals surface area contributed by atoms with Crippen molar-refractivity contribution in [1.29, 1.82) is 0 Å². The van der Waals surface area contributed by atoms with E-state index >= 15 is 0 Å². The quantitative estimate of drug-likeness (QED) is 0.668. The molecule has 2 heteroatoms. The van der Waals surface area contributed by atoms with Crippen molar-refractivity contribution in [3.8, 4) is 0 Å². The Morgan fingerprint density at radius 3 is 2.17 bits per heavy atom. The minimum atomic E-state index is 0.204. The van der Waals surface area contributed by atoms with Crippen LogP contribution in [0, 0.1) is 5.92 Å². The third-order valence-electron chi connectivity index (χ3n) is 2.55. The summed E-state index contributed by atoms with van der Waals surface area (Å²) in [6.45, 7) is 6.55. The Balaban J connectivity index is 3.75. The molecule has 0 saturated heterocycles. The third kappa shape index (κ3) is 4.07. The Morgan fingerprint density at radius 1 is 1.25 bits per heavy atom. The molecule has 0 aromatic carbocycles. The Morgan fingerprint density at radius 2 is 1.83 bits per heavy atom. The Labute approximate surface area is 76.5 Å². The summed E-state index contributed by atoms with van der Waals surface area (Å²) in [5, 5.41) is 0. The van der Waals surface area contributed by atoms with Crippen molar-refractivity contribution < 1.29 is 4.74 Å². The van der Waals surface area contributed by atoms with E-state index in [0.717, 1.165) is 12.8 Å². The molecular weight excluding hydrogens is 150 g/mol. The fourth-order valence-electron chi connectivity index (χ4n) is 1.43. The van der Waals surface area contributed by atoms with Gasteiger partial charge in [0.25, 0.3) is 0 Å². The van der Waals surface area contributed by atoms with Crippen LogP contribution < -0.4 is 5.73 Å². The fourth-order valence-corrected chi connectivity index (χ4v) is 1.43. The van der Waals surface area contributed by atoms with Crippen LogP contribution in [0.1, 0.15) is 40.0 Å². The minimum absolute atomic E-state index is 0.204. The maximum absolute atomic E-state index is 5.99. The molecule has 74 valence electrons. The van der Waals surface area contributed by atoms with Crippen molar-refractivity contribution in [2.75, 3.05) is 7.11 Å². The molecule has 0 heterocycles. The van der Waals surface area contributed by atoms with Crippen molar-refractivity contribution in [3.63, 3.8) is 0 Å². The number of nitrogens with two attached hydrogens (primary N) is 1. The molecule has 2 N–H and O–H groups in total. The van der Waals surface area contributed by atoms with Gasteiger partial charge in [-0.2, -0.15) is 0 Å². The van der Waals surface area contributed by atoms with Crippen LogP contribution in [0.25, 0.3) is 0 Å². The van der Waals surface area contributed by atoms with Gasteiger partial charge in [-0.05, 0) is 18.8 Å². The van der Waals surface area contributed by atoms with E-state index in [9.17, 15) is 0 Å². The molecule has 3 atom stereocenters. The van der Waals surface area contributed by atoms with Gasteiger partial charge >= 0.3 is 0 Å². The SMILES string of the molecule is CCC(C)CC(N)C(CC)OC. The van der Waals surface area contributed by atoms with Gasteiger partial charge in [0.1, 0.15) is 0 Å². The second-order valence-electron chi connectivity index (χ2n) is 3.60. The highest BCUT2D eigenvalue weighted by atomic mass is 16.5. The number of ether oxygens (including phenoxy) is 1. The first kappa shape index (κ1) is 11.9. The molecule has 0 saturated carbocycles. The molecule has 3 unspecified atom stereocenters. The molecule has 0 bridgehead atoms. The van der Waals surface area contributed by atoms with Gasteiger partial charge in [-0.15, -0.1) is 0 Å². The average molecular weight is 173 g/mol. The zero-order valence-electron chi connectivity index (χ0n) is 8.84. The van der Waals surface area contributed by atoms with E-state index in [1.54, 1.807) is 7.11 Å². The van der Waals surface area contributed by atoms with Crippen molar-refractivity contribution in [2.24, 2.45) is 11.7 Å². The van der Waals surface area contributed by atoms with Crippen molar-refractivity contribution >= 4 is 0 Å². The fraction of sp³-hybridized carbons (Fsp3) is 1.00. The predicted octanol–water partition coefficient (Wildman–Crippen LogP) is 2.17. The normalized spacial score (nSPS) is 18.8. The molecule has 0 aromatic rings. The van der Waals surface area contributed by atoms with Crippen LogP contribution in [0.2, 0.25) is 0 Å². The Hall–Kier alpha value is -0.0800. The molecule has 2 nitrogen and oxygen atoms in total. The van der Waals surface area contributed by atoms with Crippen LogP contribution in [0.15, 0.2) is 0 Å². The smallest absolute Gasteiger partial charge is 0.0719 e. The highest BCUT2D eigenvalue weighted by molar-refractivity contribution is 4.73. The standard InChI is InChI=1S/C10H23NO/c1-5-8(3)7-9(11)10(6-2)12-4/h8-10H,5-7,11H2,1-4H3. The molecule has 0 radical (unpaired) electrons. The summed E-state index contributed by atoms with van der Waals surface area (Å²) in [6.07, 6.45) is 3.52. The highest BCUT2D eigenvalue weighted by Crippen LogP contribution is 2.13. The summed E-state index contributed by atoms with van der Waals surface area (Å²) in [5.74, 6) is 0.712. The summed E-state index contributed by atoms with van der Waals surface area (Å²) in [5.41, 5.74) is 5.99. The van der Waals surface area contributed by atoms with E-state index in [2.05, 4.69) is 20.8 Å². The van der Waals surface area contributed by atoms with Crippen LogP contribution in [0.3, 0.4) is 0 Å². The van der Waals surface area contributed by atoms with Gasteiger partial charge in [-0.3, -0.25) is 0 Å². The predicted molar refractivity (Wildman–Crippen MR) is 53.1 cm³/mol. The lowest BCUT2D eigenvalue weighted by Gasteiger charge is -2.23. The van der Waals surface area contributed by atoms with E-state index in [0.29, 0.717) is 5.92 Å². The van der Waals surface area contributed by atoms with Gasteiger partial charge in [-0.25, -0.2) is 0 Å². The second-order valence-corrected chi connectivity index (χ2v) is 3.60. The highest BCUT2D eigenvalue weighted by Gasteiger charge is 2.16. The Bertz CT molecular complexity index is 102. The zero-order valence-corrected chi connectivity index (χ0v) is 8.84. The molecule has 0 aliphatic carbocycles. The summed E-state index contributed by atoms with van der Waals surface area (Å²) >= 11 is 0. The Kier molecular flexibility index (Phi) is 6.39. The zero-order chi connectivity index (χ0) is 9.56. The number of rotatable bonds is 6.